The van der Waals surface area contributed by atoms with Gasteiger partial charge in [-0.3, -0.25) is 0 Å². The number of unbranched alkanes of at least 4 members (excludes halogenated alkanes) is 1. The molecule has 0 amide bonds. The third-order valence-electron chi connectivity index (χ3n) is 8.19. The molecule has 0 saturated carbocycles. The van der Waals surface area contributed by atoms with E-state index in [0.29, 0.717) is 0 Å². The predicted molar refractivity (Wildman–Crippen MR) is 160 cm³/mol. The van der Waals surface area contributed by atoms with Gasteiger partial charge in [0.15, 0.2) is 0 Å². The van der Waals surface area contributed by atoms with Crippen molar-refractivity contribution in [2.75, 3.05) is 0 Å². The lowest BCUT2D eigenvalue weighted by atomic mass is 9.96. The lowest BCUT2D eigenvalue weighted by molar-refractivity contribution is 0.795. The van der Waals surface area contributed by atoms with E-state index in [-0.39, 0.29) is 0 Å². The van der Waals surface area contributed by atoms with Crippen LogP contribution in [0.1, 0.15) is 25.3 Å². The zero-order valence-electron chi connectivity index (χ0n) is 20.8. The highest BCUT2D eigenvalue weighted by Gasteiger charge is 2.30. The predicted octanol–water partition coefficient (Wildman–Crippen LogP) is 10.9. The molecule has 0 N–H and O–H groups in total. The Morgan fingerprint density at radius 1 is 0.514 bits per heavy atom. The van der Waals surface area contributed by atoms with Gasteiger partial charge in [0, 0.05) is 20.9 Å². The van der Waals surface area contributed by atoms with Gasteiger partial charge in [-0.1, -0.05) is 104 Å². The maximum absolute atomic E-state index is 2.42. The van der Waals surface area contributed by atoms with E-state index in [1.807, 2.05) is 11.3 Å². The summed E-state index contributed by atoms with van der Waals surface area (Å²) in [5.41, 5.74) is 15.0. The summed E-state index contributed by atoms with van der Waals surface area (Å²) >= 11 is 1.94. The number of fused-ring (bicyclic) bond motifs is 6. The van der Waals surface area contributed by atoms with Crippen LogP contribution in [0.4, 0.5) is 0 Å². The maximum Gasteiger partial charge on any atom is 0.0434 e. The normalized spacial score (nSPS) is 12.2. The zero-order chi connectivity index (χ0) is 24.5. The van der Waals surface area contributed by atoms with Crippen molar-refractivity contribution in [3.8, 4) is 65.4 Å². The molecule has 0 radical (unpaired) electrons. The topological polar surface area (TPSA) is 0 Å². The van der Waals surface area contributed by atoms with E-state index < -0.39 is 0 Å². The van der Waals surface area contributed by atoms with Gasteiger partial charge in [0.1, 0.15) is 0 Å². The Hall–Kier alpha value is -3.94. The quantitative estimate of drug-likeness (QED) is 0.225. The second-order valence-corrected chi connectivity index (χ2v) is 11.4. The van der Waals surface area contributed by atoms with E-state index >= 15 is 0 Å². The van der Waals surface area contributed by atoms with E-state index in [0.717, 1.165) is 0 Å². The molecule has 0 unspecified atom stereocenters. The molecule has 0 spiro atoms. The molecule has 2 aliphatic rings. The fourth-order valence-corrected chi connectivity index (χ4v) is 7.53. The molecule has 1 aromatic heterocycles. The second-order valence-electron chi connectivity index (χ2n) is 10.4. The van der Waals surface area contributed by atoms with E-state index in [4.69, 9.17) is 0 Å². The van der Waals surface area contributed by atoms with E-state index in [2.05, 4.69) is 110 Å². The molecule has 8 rings (SSSR count). The summed E-state index contributed by atoms with van der Waals surface area (Å²) in [4.78, 5) is 2.79. The molecule has 5 aromatic carbocycles. The molecule has 0 aliphatic heterocycles. The van der Waals surface area contributed by atoms with Crippen LogP contribution in [0, 0.1) is 0 Å². The first-order valence-corrected chi connectivity index (χ1v) is 14.2. The van der Waals surface area contributed by atoms with Crippen LogP contribution in [0.25, 0.3) is 76.2 Å². The van der Waals surface area contributed by atoms with Gasteiger partial charge in [0.05, 0.1) is 0 Å². The Morgan fingerprint density at radius 2 is 1.16 bits per heavy atom. The molecule has 0 bridgehead atoms. The van der Waals surface area contributed by atoms with Crippen molar-refractivity contribution in [3.05, 3.63) is 109 Å². The minimum absolute atomic E-state index is 1.17. The largest absolute Gasteiger partial charge is 0.135 e. The van der Waals surface area contributed by atoms with Crippen molar-refractivity contribution in [2.45, 2.75) is 26.2 Å². The fourth-order valence-electron chi connectivity index (χ4n) is 6.32. The third-order valence-corrected chi connectivity index (χ3v) is 9.41. The van der Waals surface area contributed by atoms with Crippen LogP contribution in [-0.2, 0) is 6.42 Å². The zero-order valence-corrected chi connectivity index (χ0v) is 21.7. The molecule has 0 nitrogen and oxygen atoms in total. The SMILES string of the molecule is CCCCc1ccc(-c2cc3c(s2)-c2ccc4c5c(ccc-3c25)-c2cc(-c3ccccc3)ccc2-4)cc1. The molecule has 0 fully saturated rings. The average molecular weight is 491 g/mol. The Balaban J connectivity index is 1.23. The molecular formula is C36H26S. The highest BCUT2D eigenvalue weighted by atomic mass is 32.1. The van der Waals surface area contributed by atoms with Crippen molar-refractivity contribution < 1.29 is 0 Å². The van der Waals surface area contributed by atoms with Crippen LogP contribution in [0.15, 0.2) is 103 Å². The van der Waals surface area contributed by atoms with Crippen LogP contribution in [0.5, 0.6) is 0 Å². The Labute approximate surface area is 221 Å². The van der Waals surface area contributed by atoms with Gasteiger partial charge < -0.3 is 0 Å². The molecular weight excluding hydrogens is 464 g/mol. The van der Waals surface area contributed by atoms with Crippen molar-refractivity contribution in [2.24, 2.45) is 0 Å². The van der Waals surface area contributed by atoms with Gasteiger partial charge in [-0.05, 0) is 85.8 Å². The van der Waals surface area contributed by atoms with Crippen molar-refractivity contribution in [1.82, 2.24) is 0 Å². The smallest absolute Gasteiger partial charge is 0.0434 e. The van der Waals surface area contributed by atoms with Gasteiger partial charge in [0.25, 0.3) is 0 Å². The summed E-state index contributed by atoms with van der Waals surface area (Å²) < 4.78 is 0. The lowest BCUT2D eigenvalue weighted by Gasteiger charge is -2.07. The van der Waals surface area contributed by atoms with E-state index in [9.17, 15) is 0 Å². The van der Waals surface area contributed by atoms with Gasteiger partial charge in [-0.2, -0.15) is 0 Å². The van der Waals surface area contributed by atoms with Gasteiger partial charge >= 0.3 is 0 Å². The highest BCUT2D eigenvalue weighted by molar-refractivity contribution is 7.19. The number of rotatable bonds is 5. The van der Waals surface area contributed by atoms with Crippen LogP contribution in [0.2, 0.25) is 0 Å². The summed E-state index contributed by atoms with van der Waals surface area (Å²) in [7, 11) is 0. The number of benzene rings is 5. The van der Waals surface area contributed by atoms with Crippen molar-refractivity contribution in [1.29, 1.82) is 0 Å². The molecule has 1 heteroatoms. The molecule has 6 aromatic rings. The lowest BCUT2D eigenvalue weighted by Crippen LogP contribution is -1.84. The first kappa shape index (κ1) is 21.2. The second kappa shape index (κ2) is 8.03. The minimum atomic E-state index is 1.17. The molecule has 0 saturated heterocycles. The number of thiophene rings is 1. The number of hydrogen-bond donors (Lipinski definition) is 0. The first-order chi connectivity index (χ1) is 18.3. The van der Waals surface area contributed by atoms with Crippen molar-refractivity contribution in [3.63, 3.8) is 0 Å². The summed E-state index contributed by atoms with van der Waals surface area (Å²) in [6.07, 6.45) is 3.68. The van der Waals surface area contributed by atoms with Gasteiger partial charge in [-0.15, -0.1) is 11.3 Å². The van der Waals surface area contributed by atoms with Crippen LogP contribution < -0.4 is 0 Å². The molecule has 1 heterocycles. The van der Waals surface area contributed by atoms with Gasteiger partial charge in [0.2, 0.25) is 0 Å². The first-order valence-electron chi connectivity index (χ1n) is 13.3. The summed E-state index contributed by atoms with van der Waals surface area (Å²) in [6, 6.07) is 38.8. The van der Waals surface area contributed by atoms with Crippen LogP contribution >= 0.6 is 11.3 Å². The summed E-state index contributed by atoms with van der Waals surface area (Å²) in [5.74, 6) is 0. The maximum atomic E-state index is 2.42. The number of aryl methyl sites for hydroxylation is 1. The van der Waals surface area contributed by atoms with Gasteiger partial charge in [-0.25, -0.2) is 0 Å². The van der Waals surface area contributed by atoms with E-state index in [1.54, 1.807) is 0 Å². The Kier molecular flexibility index (Phi) is 4.60. The van der Waals surface area contributed by atoms with Crippen LogP contribution in [0.3, 0.4) is 0 Å². The molecule has 176 valence electrons. The number of hydrogen-bond acceptors (Lipinski definition) is 1. The minimum Gasteiger partial charge on any atom is -0.135 e. The molecule has 2 aliphatic carbocycles. The average Bonchev–Trinajstić information content (AvgIpc) is 3.61. The Bertz CT molecular complexity index is 1810. The molecule has 37 heavy (non-hydrogen) atoms. The fraction of sp³-hybridized carbons (Fsp3) is 0.111. The van der Waals surface area contributed by atoms with Crippen LogP contribution in [-0.4, -0.2) is 0 Å². The monoisotopic (exact) mass is 490 g/mol. The standard InChI is InChI=1S/C36H26S/c1-2-3-7-22-10-12-24(13-11-22)33-21-32-29-17-16-28-31-20-25(23-8-5-4-6-9-23)14-15-26(31)27-18-19-30(36(32)37-33)35(29)34(27)28/h4-6,8-21H,2-3,7H2,1H3. The van der Waals surface area contributed by atoms with Crippen molar-refractivity contribution >= 4 is 22.1 Å². The third kappa shape index (κ3) is 3.08. The molecule has 0 atom stereocenters. The van der Waals surface area contributed by atoms with E-state index in [1.165, 1.54) is 101 Å². The highest BCUT2D eigenvalue weighted by Crippen LogP contribution is 2.58. The summed E-state index contributed by atoms with van der Waals surface area (Å²) in [5, 5.41) is 2.87. The Morgan fingerprint density at radius 3 is 1.95 bits per heavy atom. The summed E-state index contributed by atoms with van der Waals surface area (Å²) in [6.45, 7) is 2.26.